The SMILES string of the molecule is CCNC(=O)[C@@H](C)NC(=O)Cn1ncc(Cl)c(Cl)c1=O. The molecule has 7 nitrogen and oxygen atoms in total. The Morgan fingerprint density at radius 3 is 2.70 bits per heavy atom. The van der Waals surface area contributed by atoms with Gasteiger partial charge in [0.2, 0.25) is 11.8 Å². The summed E-state index contributed by atoms with van der Waals surface area (Å²) < 4.78 is 0.869. The summed E-state index contributed by atoms with van der Waals surface area (Å²) in [6, 6.07) is -0.707. The van der Waals surface area contributed by atoms with Crippen LogP contribution in [0.25, 0.3) is 0 Å². The predicted molar refractivity (Wildman–Crippen MR) is 74.8 cm³/mol. The lowest BCUT2D eigenvalue weighted by Gasteiger charge is -2.13. The van der Waals surface area contributed by atoms with Crippen LogP contribution >= 0.6 is 23.2 Å². The summed E-state index contributed by atoms with van der Waals surface area (Å²) >= 11 is 11.3. The number of amides is 2. The second-order valence-electron chi connectivity index (χ2n) is 3.95. The van der Waals surface area contributed by atoms with Crippen LogP contribution in [0, 0.1) is 0 Å². The van der Waals surface area contributed by atoms with Gasteiger partial charge < -0.3 is 10.6 Å². The number of nitrogens with one attached hydrogen (secondary N) is 2. The van der Waals surface area contributed by atoms with Crippen molar-refractivity contribution >= 4 is 35.0 Å². The van der Waals surface area contributed by atoms with Crippen molar-refractivity contribution < 1.29 is 9.59 Å². The van der Waals surface area contributed by atoms with E-state index >= 15 is 0 Å². The van der Waals surface area contributed by atoms with Crippen LogP contribution in [0.5, 0.6) is 0 Å². The summed E-state index contributed by atoms with van der Waals surface area (Å²) in [6.45, 7) is 3.42. The molecule has 1 rings (SSSR count). The Balaban J connectivity index is 2.70. The van der Waals surface area contributed by atoms with Crippen molar-refractivity contribution in [1.82, 2.24) is 20.4 Å². The molecular weight excluding hydrogens is 307 g/mol. The first-order valence-electron chi connectivity index (χ1n) is 5.85. The first kappa shape index (κ1) is 16.5. The van der Waals surface area contributed by atoms with Crippen LogP contribution in [0.4, 0.5) is 0 Å². The van der Waals surface area contributed by atoms with Crippen molar-refractivity contribution in [2.24, 2.45) is 0 Å². The molecule has 9 heteroatoms. The lowest BCUT2D eigenvalue weighted by molar-refractivity contribution is -0.128. The topological polar surface area (TPSA) is 93.1 Å². The molecule has 2 amide bonds. The smallest absolute Gasteiger partial charge is 0.287 e. The van der Waals surface area contributed by atoms with Gasteiger partial charge in [-0.25, -0.2) is 4.68 Å². The number of nitrogens with zero attached hydrogens (tertiary/aromatic N) is 2. The number of carbonyl (C=O) groups excluding carboxylic acids is 2. The van der Waals surface area contributed by atoms with E-state index in [0.29, 0.717) is 6.54 Å². The third kappa shape index (κ3) is 4.21. The van der Waals surface area contributed by atoms with Gasteiger partial charge in [-0.3, -0.25) is 14.4 Å². The molecule has 1 heterocycles. The maximum absolute atomic E-state index is 11.7. The van der Waals surface area contributed by atoms with Crippen LogP contribution in [-0.2, 0) is 16.1 Å². The second-order valence-corrected chi connectivity index (χ2v) is 4.74. The Morgan fingerprint density at radius 1 is 1.45 bits per heavy atom. The van der Waals surface area contributed by atoms with Crippen molar-refractivity contribution in [3.05, 3.63) is 26.6 Å². The number of halogens is 2. The largest absolute Gasteiger partial charge is 0.355 e. The van der Waals surface area contributed by atoms with Crippen molar-refractivity contribution in [3.63, 3.8) is 0 Å². The zero-order chi connectivity index (χ0) is 15.3. The van der Waals surface area contributed by atoms with Crippen molar-refractivity contribution in [2.75, 3.05) is 6.54 Å². The molecular formula is C11H14Cl2N4O3. The third-order valence-electron chi connectivity index (χ3n) is 2.36. The molecule has 2 N–H and O–H groups in total. The number of likely N-dealkylation sites (N-methyl/N-ethyl adjacent to an activating group) is 1. The number of carbonyl (C=O) groups is 2. The minimum Gasteiger partial charge on any atom is -0.355 e. The minimum absolute atomic E-state index is 0.0176. The molecule has 0 aromatic carbocycles. The predicted octanol–water partition coefficient (Wildman–Crippen LogP) is 0.191. The average molecular weight is 321 g/mol. The van der Waals surface area contributed by atoms with Gasteiger partial charge in [-0.15, -0.1) is 0 Å². The molecule has 0 radical (unpaired) electrons. The van der Waals surface area contributed by atoms with Crippen LogP contribution in [0.2, 0.25) is 10.0 Å². The highest BCUT2D eigenvalue weighted by atomic mass is 35.5. The summed E-state index contributed by atoms with van der Waals surface area (Å²) in [5, 5.41) is 8.52. The van der Waals surface area contributed by atoms with Gasteiger partial charge in [-0.2, -0.15) is 5.10 Å². The van der Waals surface area contributed by atoms with E-state index in [1.807, 2.05) is 0 Å². The van der Waals surface area contributed by atoms with Crippen LogP contribution < -0.4 is 16.2 Å². The average Bonchev–Trinajstić information content (AvgIpc) is 2.39. The fourth-order valence-electron chi connectivity index (χ4n) is 1.37. The van der Waals surface area contributed by atoms with E-state index < -0.39 is 17.5 Å². The van der Waals surface area contributed by atoms with E-state index in [1.165, 1.54) is 13.1 Å². The second kappa shape index (κ2) is 7.25. The Labute approximate surface area is 125 Å². The lowest BCUT2D eigenvalue weighted by Crippen LogP contribution is -2.46. The molecule has 0 bridgehead atoms. The third-order valence-corrected chi connectivity index (χ3v) is 3.11. The van der Waals surface area contributed by atoms with E-state index in [2.05, 4.69) is 15.7 Å². The molecule has 1 atom stereocenters. The first-order valence-corrected chi connectivity index (χ1v) is 6.60. The van der Waals surface area contributed by atoms with Crippen LogP contribution in [0.15, 0.2) is 11.0 Å². The van der Waals surface area contributed by atoms with Crippen LogP contribution in [0.1, 0.15) is 13.8 Å². The van der Waals surface area contributed by atoms with Gasteiger partial charge in [0, 0.05) is 6.54 Å². The molecule has 20 heavy (non-hydrogen) atoms. The zero-order valence-electron chi connectivity index (χ0n) is 10.9. The molecule has 110 valence electrons. The Hall–Kier alpha value is -1.60. The molecule has 0 fully saturated rings. The summed E-state index contributed by atoms with van der Waals surface area (Å²) in [5.74, 6) is -0.841. The van der Waals surface area contributed by atoms with Crippen LogP contribution in [-0.4, -0.2) is 34.2 Å². The van der Waals surface area contributed by atoms with E-state index in [0.717, 1.165) is 4.68 Å². The summed E-state index contributed by atoms with van der Waals surface area (Å²) in [4.78, 5) is 34.8. The van der Waals surface area contributed by atoms with Gasteiger partial charge in [0.1, 0.15) is 17.6 Å². The molecule has 0 aliphatic rings. The standard InChI is InChI=1S/C11H14Cl2N4O3/c1-3-14-10(19)6(2)16-8(18)5-17-11(20)9(13)7(12)4-15-17/h4,6H,3,5H2,1-2H3,(H,14,19)(H,16,18)/t6-/m1/s1. The Kier molecular flexibility index (Phi) is 5.97. The fourth-order valence-corrected chi connectivity index (χ4v) is 1.64. The summed E-state index contributed by atoms with van der Waals surface area (Å²) in [6.07, 6.45) is 1.17. The van der Waals surface area contributed by atoms with Gasteiger partial charge in [-0.05, 0) is 13.8 Å². The molecule has 1 aromatic heterocycles. The maximum Gasteiger partial charge on any atom is 0.287 e. The normalized spacial score (nSPS) is 11.8. The zero-order valence-corrected chi connectivity index (χ0v) is 12.5. The highest BCUT2D eigenvalue weighted by molar-refractivity contribution is 6.41. The van der Waals surface area contributed by atoms with Gasteiger partial charge in [0.25, 0.3) is 5.56 Å². The van der Waals surface area contributed by atoms with Crippen molar-refractivity contribution in [3.8, 4) is 0 Å². The van der Waals surface area contributed by atoms with Crippen LogP contribution in [0.3, 0.4) is 0 Å². The molecule has 0 aliphatic carbocycles. The maximum atomic E-state index is 11.7. The molecule has 0 saturated heterocycles. The lowest BCUT2D eigenvalue weighted by atomic mass is 10.3. The number of aromatic nitrogens is 2. The first-order chi connectivity index (χ1) is 9.36. The van der Waals surface area contributed by atoms with E-state index in [9.17, 15) is 14.4 Å². The molecule has 0 unspecified atom stereocenters. The molecule has 1 aromatic rings. The Bertz CT molecular complexity index is 573. The highest BCUT2D eigenvalue weighted by Gasteiger charge is 2.16. The van der Waals surface area contributed by atoms with Gasteiger partial charge in [-0.1, -0.05) is 23.2 Å². The highest BCUT2D eigenvalue weighted by Crippen LogP contribution is 2.14. The summed E-state index contributed by atoms with van der Waals surface area (Å²) in [7, 11) is 0. The van der Waals surface area contributed by atoms with Crippen molar-refractivity contribution in [2.45, 2.75) is 26.4 Å². The Morgan fingerprint density at radius 2 is 2.10 bits per heavy atom. The van der Waals surface area contributed by atoms with E-state index in [1.54, 1.807) is 6.92 Å². The molecule has 0 saturated carbocycles. The van der Waals surface area contributed by atoms with Gasteiger partial charge in [0.15, 0.2) is 0 Å². The number of rotatable bonds is 5. The van der Waals surface area contributed by atoms with E-state index in [-0.39, 0.29) is 22.5 Å². The van der Waals surface area contributed by atoms with Gasteiger partial charge >= 0.3 is 0 Å². The molecule has 0 spiro atoms. The monoisotopic (exact) mass is 320 g/mol. The molecule has 0 aliphatic heterocycles. The van der Waals surface area contributed by atoms with E-state index in [4.69, 9.17) is 23.2 Å². The fraction of sp³-hybridized carbons (Fsp3) is 0.455. The minimum atomic E-state index is -0.707. The quantitative estimate of drug-likeness (QED) is 0.810. The number of hydrogen-bond acceptors (Lipinski definition) is 4. The summed E-state index contributed by atoms with van der Waals surface area (Å²) in [5.41, 5.74) is -0.667. The van der Waals surface area contributed by atoms with Gasteiger partial charge in [0.05, 0.1) is 11.2 Å². The number of hydrogen-bond donors (Lipinski definition) is 2. The van der Waals surface area contributed by atoms with Crippen molar-refractivity contribution in [1.29, 1.82) is 0 Å².